The Balaban J connectivity index is 2.02. The predicted octanol–water partition coefficient (Wildman–Crippen LogP) is 4.76. The van der Waals surface area contributed by atoms with Crippen molar-refractivity contribution < 1.29 is 9.59 Å². The molecule has 1 amide bonds. The van der Waals surface area contributed by atoms with E-state index in [-0.39, 0.29) is 11.3 Å². The van der Waals surface area contributed by atoms with E-state index in [1.807, 2.05) is 30.3 Å². The Morgan fingerprint density at radius 2 is 1.92 bits per heavy atom. The Bertz CT molecular complexity index is 821. The van der Waals surface area contributed by atoms with Crippen LogP contribution in [0.5, 0.6) is 0 Å². The lowest BCUT2D eigenvalue weighted by atomic mass is 9.84. The van der Waals surface area contributed by atoms with Gasteiger partial charge in [-0.3, -0.25) is 9.59 Å². The van der Waals surface area contributed by atoms with Crippen molar-refractivity contribution in [2.24, 2.45) is 0 Å². The van der Waals surface area contributed by atoms with Crippen LogP contribution in [0.2, 0.25) is 0 Å². The molecule has 0 saturated carbocycles. The summed E-state index contributed by atoms with van der Waals surface area (Å²) >= 11 is 3.39. The first-order valence-electron chi connectivity index (χ1n) is 8.02. The van der Waals surface area contributed by atoms with E-state index in [1.54, 1.807) is 4.90 Å². The van der Waals surface area contributed by atoms with E-state index >= 15 is 0 Å². The fourth-order valence-electron chi connectivity index (χ4n) is 3.06. The molecule has 0 aromatic heterocycles. The third-order valence-electron chi connectivity index (χ3n) is 4.49. The van der Waals surface area contributed by atoms with Crippen LogP contribution >= 0.6 is 15.9 Å². The number of halogens is 1. The molecular formula is C20H20BrNO2. The van der Waals surface area contributed by atoms with Gasteiger partial charge in [0.1, 0.15) is 0 Å². The van der Waals surface area contributed by atoms with E-state index in [2.05, 4.69) is 42.8 Å². The zero-order chi connectivity index (χ0) is 17.5. The van der Waals surface area contributed by atoms with Gasteiger partial charge in [-0.15, -0.1) is 0 Å². The fraction of sp³-hybridized carbons (Fsp3) is 0.300. The zero-order valence-corrected chi connectivity index (χ0v) is 15.7. The number of hydrogen-bond donors (Lipinski definition) is 0. The van der Waals surface area contributed by atoms with Gasteiger partial charge in [-0.1, -0.05) is 39.0 Å². The van der Waals surface area contributed by atoms with Crippen LogP contribution in [0.15, 0.2) is 40.9 Å². The van der Waals surface area contributed by atoms with Crippen LogP contribution in [-0.4, -0.2) is 18.7 Å². The summed E-state index contributed by atoms with van der Waals surface area (Å²) in [7, 11) is 0. The molecule has 0 radical (unpaired) electrons. The standard InChI is InChI=1S/C20H20BrNO2/c1-20(2,3)14-7-8-15-13(11-14)9-10-22(19(15)24)18-6-4-5-17(21)16(18)12-23/h4-8,11-12H,9-10H2,1-3H3. The number of amides is 1. The summed E-state index contributed by atoms with van der Waals surface area (Å²) in [4.78, 5) is 26.1. The van der Waals surface area contributed by atoms with E-state index in [9.17, 15) is 9.59 Å². The van der Waals surface area contributed by atoms with Gasteiger partial charge in [-0.25, -0.2) is 0 Å². The van der Waals surface area contributed by atoms with Gasteiger partial charge < -0.3 is 4.90 Å². The molecule has 2 aromatic carbocycles. The minimum Gasteiger partial charge on any atom is -0.307 e. The van der Waals surface area contributed by atoms with Gasteiger partial charge in [0.25, 0.3) is 5.91 Å². The van der Waals surface area contributed by atoms with Crippen LogP contribution in [0.4, 0.5) is 5.69 Å². The van der Waals surface area contributed by atoms with E-state index in [1.165, 1.54) is 5.56 Å². The molecule has 1 aliphatic rings. The molecule has 4 heteroatoms. The van der Waals surface area contributed by atoms with Crippen LogP contribution in [0.3, 0.4) is 0 Å². The number of rotatable bonds is 2. The molecule has 0 saturated heterocycles. The largest absolute Gasteiger partial charge is 0.307 e. The molecule has 0 N–H and O–H groups in total. The second kappa shape index (κ2) is 6.17. The zero-order valence-electron chi connectivity index (χ0n) is 14.1. The summed E-state index contributed by atoms with van der Waals surface area (Å²) in [5.74, 6) is -0.0436. The Labute approximate surface area is 150 Å². The molecule has 0 fully saturated rings. The summed E-state index contributed by atoms with van der Waals surface area (Å²) in [5.41, 5.74) is 4.29. The van der Waals surface area contributed by atoms with E-state index in [0.29, 0.717) is 22.3 Å². The van der Waals surface area contributed by atoms with Gasteiger partial charge in [-0.2, -0.15) is 0 Å². The number of carbonyl (C=O) groups is 2. The molecule has 0 spiro atoms. The summed E-state index contributed by atoms with van der Waals surface area (Å²) in [6, 6.07) is 11.6. The normalized spacial score (nSPS) is 14.5. The van der Waals surface area contributed by atoms with Crippen molar-refractivity contribution in [3.05, 3.63) is 63.1 Å². The third kappa shape index (κ3) is 2.91. The van der Waals surface area contributed by atoms with Crippen LogP contribution < -0.4 is 4.90 Å². The van der Waals surface area contributed by atoms with Crippen molar-refractivity contribution in [1.82, 2.24) is 0 Å². The highest BCUT2D eigenvalue weighted by Crippen LogP contribution is 2.32. The molecule has 124 valence electrons. The van der Waals surface area contributed by atoms with Crippen molar-refractivity contribution in [1.29, 1.82) is 0 Å². The van der Waals surface area contributed by atoms with Gasteiger partial charge in [0.05, 0.1) is 11.3 Å². The number of benzene rings is 2. The SMILES string of the molecule is CC(C)(C)c1ccc2c(c1)CCN(c1cccc(Br)c1C=O)C2=O. The lowest BCUT2D eigenvalue weighted by molar-refractivity contribution is 0.0980. The molecule has 1 aliphatic heterocycles. The quantitative estimate of drug-likeness (QED) is 0.698. The first-order valence-corrected chi connectivity index (χ1v) is 8.81. The second-order valence-electron chi connectivity index (χ2n) is 7.12. The fourth-order valence-corrected chi connectivity index (χ4v) is 3.51. The number of carbonyl (C=O) groups excluding carboxylic acids is 2. The van der Waals surface area contributed by atoms with Gasteiger partial charge >= 0.3 is 0 Å². The molecule has 3 nitrogen and oxygen atoms in total. The summed E-state index contributed by atoms with van der Waals surface area (Å²) in [5, 5.41) is 0. The Morgan fingerprint density at radius 3 is 2.58 bits per heavy atom. The number of fused-ring (bicyclic) bond motifs is 1. The minimum atomic E-state index is -0.0436. The average Bonchev–Trinajstić information content (AvgIpc) is 2.54. The topological polar surface area (TPSA) is 37.4 Å². The maximum atomic E-state index is 13.0. The first kappa shape index (κ1) is 16.9. The van der Waals surface area contributed by atoms with Crippen molar-refractivity contribution in [2.75, 3.05) is 11.4 Å². The maximum absolute atomic E-state index is 13.0. The van der Waals surface area contributed by atoms with Gasteiger partial charge in [0, 0.05) is 16.6 Å². The maximum Gasteiger partial charge on any atom is 0.258 e. The molecule has 0 bridgehead atoms. The van der Waals surface area contributed by atoms with Crippen LogP contribution in [0.1, 0.15) is 52.6 Å². The lowest BCUT2D eigenvalue weighted by Gasteiger charge is -2.31. The smallest absolute Gasteiger partial charge is 0.258 e. The molecule has 24 heavy (non-hydrogen) atoms. The molecule has 2 aromatic rings. The van der Waals surface area contributed by atoms with Gasteiger partial charge in [0.15, 0.2) is 6.29 Å². The third-order valence-corrected chi connectivity index (χ3v) is 5.18. The lowest BCUT2D eigenvalue weighted by Crippen LogP contribution is -2.38. The molecule has 1 heterocycles. The van der Waals surface area contributed by atoms with Crippen LogP contribution in [0, 0.1) is 0 Å². The Hall–Kier alpha value is -1.94. The number of aldehydes is 1. The van der Waals surface area contributed by atoms with Gasteiger partial charge in [0.2, 0.25) is 0 Å². The van der Waals surface area contributed by atoms with Crippen LogP contribution in [-0.2, 0) is 11.8 Å². The van der Waals surface area contributed by atoms with Crippen molar-refractivity contribution in [2.45, 2.75) is 32.6 Å². The average molecular weight is 386 g/mol. The molecule has 3 rings (SSSR count). The monoisotopic (exact) mass is 385 g/mol. The summed E-state index contributed by atoms with van der Waals surface area (Å²) in [6.45, 7) is 7.09. The van der Waals surface area contributed by atoms with E-state index < -0.39 is 0 Å². The second-order valence-corrected chi connectivity index (χ2v) is 7.97. The molecule has 0 unspecified atom stereocenters. The highest BCUT2D eigenvalue weighted by Gasteiger charge is 2.28. The molecule has 0 aliphatic carbocycles. The van der Waals surface area contributed by atoms with E-state index in [0.717, 1.165) is 23.8 Å². The number of nitrogens with zero attached hydrogens (tertiary/aromatic N) is 1. The van der Waals surface area contributed by atoms with Crippen molar-refractivity contribution >= 4 is 33.8 Å². The highest BCUT2D eigenvalue weighted by atomic mass is 79.9. The van der Waals surface area contributed by atoms with Crippen molar-refractivity contribution in [3.8, 4) is 0 Å². The van der Waals surface area contributed by atoms with Gasteiger partial charge in [-0.05, 0) is 57.1 Å². The molecular weight excluding hydrogens is 366 g/mol. The summed E-state index contributed by atoms with van der Waals surface area (Å²) in [6.07, 6.45) is 1.58. The van der Waals surface area contributed by atoms with Crippen molar-refractivity contribution in [3.63, 3.8) is 0 Å². The number of anilines is 1. The number of hydrogen-bond acceptors (Lipinski definition) is 2. The highest BCUT2D eigenvalue weighted by molar-refractivity contribution is 9.10. The van der Waals surface area contributed by atoms with E-state index in [4.69, 9.17) is 0 Å². The Morgan fingerprint density at radius 1 is 1.17 bits per heavy atom. The summed E-state index contributed by atoms with van der Waals surface area (Å²) < 4.78 is 0.705. The molecule has 0 atom stereocenters. The van der Waals surface area contributed by atoms with Crippen LogP contribution in [0.25, 0.3) is 0 Å². The Kier molecular flexibility index (Phi) is 4.35. The first-order chi connectivity index (χ1) is 11.3. The predicted molar refractivity (Wildman–Crippen MR) is 100 cm³/mol. The minimum absolute atomic E-state index is 0.0436.